The molecule has 1 fully saturated rings. The van der Waals surface area contributed by atoms with Gasteiger partial charge < -0.3 is 20.1 Å². The second-order valence-corrected chi connectivity index (χ2v) is 9.86. The molecule has 0 unspecified atom stereocenters. The van der Waals surface area contributed by atoms with Gasteiger partial charge in [-0.05, 0) is 76.1 Å². The van der Waals surface area contributed by atoms with Crippen LogP contribution in [0.25, 0.3) is 0 Å². The molecule has 1 aliphatic carbocycles. The zero-order chi connectivity index (χ0) is 25.2. The number of carbonyl (C=O) groups excluding carboxylic acids is 2. The van der Waals surface area contributed by atoms with Gasteiger partial charge in [0.05, 0.1) is 12.6 Å². The molecule has 1 saturated heterocycles. The molecule has 1 aromatic rings. The lowest BCUT2D eigenvalue weighted by Crippen LogP contribution is -2.54. The molecular weight excluding hydrogens is 446 g/mol. The minimum Gasteiger partial charge on any atom is -0.480 e. The molecule has 1 aliphatic heterocycles. The molecule has 0 bridgehead atoms. The molecule has 0 saturated carbocycles. The molecule has 194 valence electrons. The van der Waals surface area contributed by atoms with Crippen LogP contribution in [-0.2, 0) is 32.0 Å². The molecule has 1 aromatic carbocycles. The van der Waals surface area contributed by atoms with Gasteiger partial charge in [0.25, 0.3) is 0 Å². The first-order chi connectivity index (χ1) is 16.9. The Balaban J connectivity index is 1.58. The highest BCUT2D eigenvalue weighted by atomic mass is 16.5. The number of fused-ring (bicyclic) bond motifs is 1. The summed E-state index contributed by atoms with van der Waals surface area (Å²) in [6.07, 6.45) is 7.34. The number of nitrogens with one attached hydrogen (secondary N) is 2. The van der Waals surface area contributed by atoms with Gasteiger partial charge in [-0.2, -0.15) is 0 Å². The molecule has 35 heavy (non-hydrogen) atoms. The number of ether oxygens (including phenoxy) is 1. The summed E-state index contributed by atoms with van der Waals surface area (Å²) in [5.41, 5.74) is 2.30. The number of esters is 1. The normalized spacial score (nSPS) is 18.0. The van der Waals surface area contributed by atoms with E-state index in [4.69, 9.17) is 4.74 Å². The van der Waals surface area contributed by atoms with E-state index in [1.165, 1.54) is 17.7 Å². The van der Waals surface area contributed by atoms with Gasteiger partial charge in [0.1, 0.15) is 12.6 Å². The summed E-state index contributed by atoms with van der Waals surface area (Å²) in [6.45, 7) is 5.56. The summed E-state index contributed by atoms with van der Waals surface area (Å²) in [7, 11) is 0. The third-order valence-electron chi connectivity index (χ3n) is 7.27. The number of unbranched alkanes of at least 4 members (excludes halogenated alkanes) is 1. The fraction of sp³-hybridized carbons (Fsp3) is 0.667. The van der Waals surface area contributed by atoms with Crippen molar-refractivity contribution >= 4 is 17.8 Å². The number of carbonyl (C=O) groups is 3. The number of hydrogen-bond donors (Lipinski definition) is 3. The highest BCUT2D eigenvalue weighted by Gasteiger charge is 2.34. The number of benzene rings is 1. The van der Waals surface area contributed by atoms with E-state index in [1.54, 1.807) is 13.8 Å². The molecule has 3 rings (SSSR count). The molecule has 1 heterocycles. The van der Waals surface area contributed by atoms with Crippen LogP contribution in [0.5, 0.6) is 0 Å². The quantitative estimate of drug-likeness (QED) is 0.290. The van der Waals surface area contributed by atoms with Gasteiger partial charge in [-0.25, -0.2) is 0 Å². The topological polar surface area (TPSA) is 108 Å². The largest absolute Gasteiger partial charge is 0.480 e. The summed E-state index contributed by atoms with van der Waals surface area (Å²) in [5, 5.41) is 16.0. The van der Waals surface area contributed by atoms with Crippen LogP contribution in [-0.4, -0.2) is 72.2 Å². The van der Waals surface area contributed by atoms with E-state index < -0.39 is 18.1 Å². The number of aliphatic carboxylic acids is 1. The summed E-state index contributed by atoms with van der Waals surface area (Å²) in [5.74, 6) is -0.950. The third-order valence-corrected chi connectivity index (χ3v) is 7.27. The van der Waals surface area contributed by atoms with Gasteiger partial charge in [-0.3, -0.25) is 19.7 Å². The van der Waals surface area contributed by atoms with Crippen LogP contribution in [0, 0.1) is 5.92 Å². The van der Waals surface area contributed by atoms with E-state index in [2.05, 4.69) is 10.6 Å². The van der Waals surface area contributed by atoms with Crippen molar-refractivity contribution in [2.75, 3.05) is 26.2 Å². The Morgan fingerprint density at radius 3 is 2.40 bits per heavy atom. The van der Waals surface area contributed by atoms with Gasteiger partial charge in [0.2, 0.25) is 5.91 Å². The number of piperidine rings is 1. The molecule has 2 aliphatic rings. The maximum atomic E-state index is 13.4. The van der Waals surface area contributed by atoms with E-state index in [-0.39, 0.29) is 31.1 Å². The number of amides is 1. The van der Waals surface area contributed by atoms with Crippen LogP contribution >= 0.6 is 0 Å². The van der Waals surface area contributed by atoms with Gasteiger partial charge in [0, 0.05) is 6.04 Å². The Kier molecular flexibility index (Phi) is 10.5. The Morgan fingerprint density at radius 1 is 1.14 bits per heavy atom. The van der Waals surface area contributed by atoms with Crippen molar-refractivity contribution in [2.45, 2.75) is 83.3 Å². The summed E-state index contributed by atoms with van der Waals surface area (Å²) in [6, 6.07) is 6.49. The van der Waals surface area contributed by atoms with E-state index >= 15 is 0 Å². The van der Waals surface area contributed by atoms with Crippen molar-refractivity contribution in [1.82, 2.24) is 15.5 Å². The van der Waals surface area contributed by atoms with Crippen molar-refractivity contribution in [2.24, 2.45) is 5.92 Å². The molecule has 2 atom stereocenters. The van der Waals surface area contributed by atoms with Crippen LogP contribution in [0.2, 0.25) is 0 Å². The van der Waals surface area contributed by atoms with Crippen molar-refractivity contribution in [3.8, 4) is 0 Å². The third kappa shape index (κ3) is 8.04. The molecule has 8 nitrogen and oxygen atoms in total. The van der Waals surface area contributed by atoms with E-state index in [0.29, 0.717) is 19.3 Å². The smallest absolute Gasteiger partial charge is 0.323 e. The lowest BCUT2D eigenvalue weighted by molar-refractivity contribution is -0.149. The second-order valence-electron chi connectivity index (χ2n) is 9.86. The number of rotatable bonds is 13. The summed E-state index contributed by atoms with van der Waals surface area (Å²) >= 11 is 0. The van der Waals surface area contributed by atoms with Crippen LogP contribution in [0.1, 0.15) is 63.5 Å². The maximum absolute atomic E-state index is 13.4. The minimum absolute atomic E-state index is 0.203. The van der Waals surface area contributed by atoms with Crippen LogP contribution in [0.15, 0.2) is 24.3 Å². The molecule has 0 spiro atoms. The number of nitrogens with zero attached hydrogens (tertiary/aromatic N) is 1. The molecular formula is C27H41N3O5. The predicted octanol–water partition coefficient (Wildman–Crippen LogP) is 2.54. The first-order valence-corrected chi connectivity index (χ1v) is 13.1. The second kappa shape index (κ2) is 13.6. The van der Waals surface area contributed by atoms with Gasteiger partial charge in [-0.15, -0.1) is 0 Å². The molecule has 1 amide bonds. The summed E-state index contributed by atoms with van der Waals surface area (Å²) in [4.78, 5) is 39.1. The zero-order valence-electron chi connectivity index (χ0n) is 21.1. The van der Waals surface area contributed by atoms with Crippen molar-refractivity contribution in [3.05, 3.63) is 35.4 Å². The van der Waals surface area contributed by atoms with Crippen LogP contribution < -0.4 is 10.6 Å². The van der Waals surface area contributed by atoms with E-state index in [9.17, 15) is 19.5 Å². The molecule has 3 N–H and O–H groups in total. The van der Waals surface area contributed by atoms with Crippen molar-refractivity contribution in [3.63, 3.8) is 0 Å². The highest BCUT2D eigenvalue weighted by Crippen LogP contribution is 2.26. The first kappa shape index (κ1) is 27.1. The number of carboxylic acid groups (broad SMARTS) is 1. The highest BCUT2D eigenvalue weighted by molar-refractivity contribution is 5.86. The standard InChI is InChI=1S/C27H41N3O5/c1-3-35-27(34)24(11-7-4-8-20-12-14-28-15-13-20)29-19(2)26(33)30(18-25(31)32)23-16-21-9-5-6-10-22(21)17-23/h5-6,9-10,19-20,23-24,28-29H,3-4,7-8,11-18H2,1-2H3,(H,31,32)/t19-,24+/m0/s1. The SMILES string of the molecule is CCOC(=O)[C@@H](CCCCC1CCNCC1)N[C@@H](C)C(=O)N(CC(=O)O)C1Cc2ccccc2C1. The fourth-order valence-corrected chi connectivity index (χ4v) is 5.37. The summed E-state index contributed by atoms with van der Waals surface area (Å²) < 4.78 is 5.27. The maximum Gasteiger partial charge on any atom is 0.323 e. The average Bonchev–Trinajstić information content (AvgIpc) is 3.28. The Morgan fingerprint density at radius 2 is 1.80 bits per heavy atom. The first-order valence-electron chi connectivity index (χ1n) is 13.1. The molecule has 0 aromatic heterocycles. The lowest BCUT2D eigenvalue weighted by Gasteiger charge is -2.31. The van der Waals surface area contributed by atoms with Gasteiger partial charge in [0.15, 0.2) is 0 Å². The Bertz CT molecular complexity index is 830. The van der Waals surface area contributed by atoms with Gasteiger partial charge >= 0.3 is 11.9 Å². The predicted molar refractivity (Wildman–Crippen MR) is 134 cm³/mol. The van der Waals surface area contributed by atoms with E-state index in [0.717, 1.165) is 49.4 Å². The fourth-order valence-electron chi connectivity index (χ4n) is 5.37. The zero-order valence-corrected chi connectivity index (χ0v) is 21.1. The van der Waals surface area contributed by atoms with E-state index in [1.807, 2.05) is 24.3 Å². The van der Waals surface area contributed by atoms with Crippen molar-refractivity contribution < 1.29 is 24.2 Å². The average molecular weight is 488 g/mol. The molecule has 8 heteroatoms. The Hall–Kier alpha value is -2.45. The van der Waals surface area contributed by atoms with Gasteiger partial charge in [-0.1, -0.05) is 43.5 Å². The van der Waals surface area contributed by atoms with Crippen LogP contribution in [0.4, 0.5) is 0 Å². The van der Waals surface area contributed by atoms with Crippen LogP contribution in [0.3, 0.4) is 0 Å². The Labute approximate surface area is 208 Å². The molecule has 0 radical (unpaired) electrons. The number of carboxylic acids is 1. The minimum atomic E-state index is -1.04. The number of hydrogen-bond acceptors (Lipinski definition) is 6. The van der Waals surface area contributed by atoms with Crippen molar-refractivity contribution in [1.29, 1.82) is 0 Å². The lowest BCUT2D eigenvalue weighted by atomic mass is 9.92. The monoisotopic (exact) mass is 487 g/mol.